The molecule has 2 aromatic rings. The molecule has 0 spiro atoms. The molecule has 0 saturated heterocycles. The molecule has 1 aliphatic rings. The minimum absolute atomic E-state index is 0.0629. The lowest BCUT2D eigenvalue weighted by molar-refractivity contribution is 0.174. The van der Waals surface area contributed by atoms with E-state index in [0.29, 0.717) is 28.2 Å². The van der Waals surface area contributed by atoms with Crippen molar-refractivity contribution in [1.29, 1.82) is 0 Å². The maximum absolute atomic E-state index is 11.6. The van der Waals surface area contributed by atoms with Crippen molar-refractivity contribution in [3.63, 3.8) is 0 Å². The monoisotopic (exact) mass is 204 g/mol. The van der Waals surface area contributed by atoms with Gasteiger partial charge in [0, 0.05) is 6.07 Å². The maximum Gasteiger partial charge on any atom is 0.231 e. The fraction of sp³-hybridized carbons (Fsp3) is 0.182. The first-order valence-electron chi connectivity index (χ1n) is 4.59. The predicted molar refractivity (Wildman–Crippen MR) is 53.3 cm³/mol. The molecule has 0 fully saturated rings. The van der Waals surface area contributed by atoms with E-state index in [-0.39, 0.29) is 12.2 Å². The Morgan fingerprint density at radius 2 is 2.13 bits per heavy atom. The molecule has 76 valence electrons. The van der Waals surface area contributed by atoms with E-state index in [1.54, 1.807) is 19.1 Å². The molecule has 15 heavy (non-hydrogen) atoms. The number of aryl methyl sites for hydroxylation is 1. The van der Waals surface area contributed by atoms with Crippen molar-refractivity contribution in [3.05, 3.63) is 34.2 Å². The molecule has 0 radical (unpaired) electrons. The van der Waals surface area contributed by atoms with Gasteiger partial charge in [0.25, 0.3) is 0 Å². The Labute approximate surface area is 85.0 Å². The molecule has 3 rings (SSSR count). The molecule has 0 saturated carbocycles. The van der Waals surface area contributed by atoms with Crippen LogP contribution in [0.1, 0.15) is 5.76 Å². The first-order chi connectivity index (χ1) is 7.25. The molecule has 0 atom stereocenters. The molecule has 1 aliphatic heterocycles. The van der Waals surface area contributed by atoms with Gasteiger partial charge in [-0.1, -0.05) is 0 Å². The third-order valence-corrected chi connectivity index (χ3v) is 2.36. The van der Waals surface area contributed by atoms with Crippen LogP contribution in [0.3, 0.4) is 0 Å². The summed E-state index contributed by atoms with van der Waals surface area (Å²) in [5, 5.41) is 0.518. The van der Waals surface area contributed by atoms with Gasteiger partial charge in [0.15, 0.2) is 16.8 Å². The SMILES string of the molecule is Cc1cc(=O)c2ccc3c(c2o1)OCO3. The minimum Gasteiger partial charge on any atom is -0.457 e. The Balaban J connectivity index is 2.50. The van der Waals surface area contributed by atoms with Gasteiger partial charge in [-0.25, -0.2) is 0 Å². The summed E-state index contributed by atoms with van der Waals surface area (Å²) in [5.74, 6) is 1.71. The van der Waals surface area contributed by atoms with Crippen molar-refractivity contribution in [2.45, 2.75) is 6.92 Å². The van der Waals surface area contributed by atoms with Crippen LogP contribution in [0.4, 0.5) is 0 Å². The van der Waals surface area contributed by atoms with Crippen LogP contribution in [-0.4, -0.2) is 6.79 Å². The van der Waals surface area contributed by atoms with Gasteiger partial charge in [-0.05, 0) is 19.1 Å². The summed E-state index contributed by atoms with van der Waals surface area (Å²) in [5.41, 5.74) is 0.405. The second-order valence-electron chi connectivity index (χ2n) is 3.40. The molecular weight excluding hydrogens is 196 g/mol. The average Bonchev–Trinajstić information content (AvgIpc) is 2.65. The summed E-state index contributed by atoms with van der Waals surface area (Å²) in [6, 6.07) is 4.87. The van der Waals surface area contributed by atoms with E-state index in [2.05, 4.69) is 0 Å². The average molecular weight is 204 g/mol. The minimum atomic E-state index is -0.0629. The second kappa shape index (κ2) is 2.76. The Bertz CT molecular complexity index is 597. The highest BCUT2D eigenvalue weighted by Crippen LogP contribution is 2.38. The Hall–Kier alpha value is -1.97. The van der Waals surface area contributed by atoms with E-state index >= 15 is 0 Å². The zero-order valence-corrected chi connectivity index (χ0v) is 8.07. The highest BCUT2D eigenvalue weighted by atomic mass is 16.7. The van der Waals surface area contributed by atoms with E-state index in [0.717, 1.165) is 0 Å². The summed E-state index contributed by atoms with van der Waals surface area (Å²) >= 11 is 0. The molecule has 4 nitrogen and oxygen atoms in total. The van der Waals surface area contributed by atoms with Crippen molar-refractivity contribution in [2.24, 2.45) is 0 Å². The van der Waals surface area contributed by atoms with E-state index in [1.807, 2.05) is 0 Å². The summed E-state index contributed by atoms with van der Waals surface area (Å²) in [6.45, 7) is 1.90. The van der Waals surface area contributed by atoms with E-state index in [4.69, 9.17) is 13.9 Å². The van der Waals surface area contributed by atoms with Gasteiger partial charge in [0.2, 0.25) is 12.5 Å². The molecule has 2 heterocycles. The highest BCUT2D eigenvalue weighted by molar-refractivity contribution is 5.85. The van der Waals surface area contributed by atoms with Crippen molar-refractivity contribution in [3.8, 4) is 11.5 Å². The predicted octanol–water partition coefficient (Wildman–Crippen LogP) is 1.83. The highest BCUT2D eigenvalue weighted by Gasteiger charge is 2.19. The Morgan fingerprint density at radius 1 is 1.27 bits per heavy atom. The number of rotatable bonds is 0. The third kappa shape index (κ3) is 1.11. The zero-order chi connectivity index (χ0) is 10.4. The van der Waals surface area contributed by atoms with Crippen molar-refractivity contribution < 1.29 is 13.9 Å². The fourth-order valence-electron chi connectivity index (χ4n) is 1.69. The van der Waals surface area contributed by atoms with E-state index in [1.165, 1.54) is 6.07 Å². The molecule has 1 aromatic heterocycles. The molecule has 0 N–H and O–H groups in total. The van der Waals surface area contributed by atoms with Gasteiger partial charge in [-0.2, -0.15) is 0 Å². The fourth-order valence-corrected chi connectivity index (χ4v) is 1.69. The molecule has 0 bridgehead atoms. The summed E-state index contributed by atoms with van der Waals surface area (Å²) < 4.78 is 15.9. The van der Waals surface area contributed by atoms with Crippen molar-refractivity contribution >= 4 is 11.0 Å². The van der Waals surface area contributed by atoms with Crippen LogP contribution in [0, 0.1) is 6.92 Å². The number of ether oxygens (including phenoxy) is 2. The lowest BCUT2D eigenvalue weighted by Crippen LogP contribution is -2.00. The molecule has 0 aliphatic carbocycles. The van der Waals surface area contributed by atoms with Gasteiger partial charge in [-0.3, -0.25) is 4.79 Å². The quantitative estimate of drug-likeness (QED) is 0.656. The van der Waals surface area contributed by atoms with Crippen LogP contribution in [-0.2, 0) is 0 Å². The van der Waals surface area contributed by atoms with E-state index in [9.17, 15) is 4.79 Å². The number of hydrogen-bond acceptors (Lipinski definition) is 4. The summed E-state index contributed by atoms with van der Waals surface area (Å²) in [4.78, 5) is 11.6. The first kappa shape index (κ1) is 8.35. The van der Waals surface area contributed by atoms with Crippen LogP contribution in [0.5, 0.6) is 11.5 Å². The van der Waals surface area contributed by atoms with Gasteiger partial charge in [0.05, 0.1) is 5.39 Å². The van der Waals surface area contributed by atoms with Crippen LogP contribution < -0.4 is 14.9 Å². The van der Waals surface area contributed by atoms with Crippen molar-refractivity contribution in [1.82, 2.24) is 0 Å². The largest absolute Gasteiger partial charge is 0.457 e. The topological polar surface area (TPSA) is 48.7 Å². The van der Waals surface area contributed by atoms with Crippen LogP contribution in [0.2, 0.25) is 0 Å². The number of hydrogen-bond donors (Lipinski definition) is 0. The summed E-state index contributed by atoms with van der Waals surface area (Å²) in [7, 11) is 0. The second-order valence-corrected chi connectivity index (χ2v) is 3.40. The lowest BCUT2D eigenvalue weighted by Gasteiger charge is -2.01. The van der Waals surface area contributed by atoms with Crippen LogP contribution in [0.25, 0.3) is 11.0 Å². The van der Waals surface area contributed by atoms with Gasteiger partial charge in [-0.15, -0.1) is 0 Å². The molecule has 0 amide bonds. The number of fused-ring (bicyclic) bond motifs is 3. The molecule has 4 heteroatoms. The van der Waals surface area contributed by atoms with Gasteiger partial charge < -0.3 is 13.9 Å². The third-order valence-electron chi connectivity index (χ3n) is 2.36. The van der Waals surface area contributed by atoms with E-state index < -0.39 is 0 Å². The maximum atomic E-state index is 11.6. The molecule has 0 unspecified atom stereocenters. The molecular formula is C11H8O4. The normalized spacial score (nSPS) is 13.4. The standard InChI is InChI=1S/C11H8O4/c1-6-4-8(12)7-2-3-9-11(10(7)15-6)14-5-13-9/h2-4H,5H2,1H3. The van der Waals surface area contributed by atoms with Gasteiger partial charge in [0.1, 0.15) is 5.76 Å². The summed E-state index contributed by atoms with van der Waals surface area (Å²) in [6.07, 6.45) is 0. The zero-order valence-electron chi connectivity index (χ0n) is 8.07. The van der Waals surface area contributed by atoms with Crippen LogP contribution >= 0.6 is 0 Å². The smallest absolute Gasteiger partial charge is 0.231 e. The van der Waals surface area contributed by atoms with Crippen LogP contribution in [0.15, 0.2) is 27.4 Å². The van der Waals surface area contributed by atoms with Gasteiger partial charge >= 0.3 is 0 Å². The van der Waals surface area contributed by atoms with Crippen molar-refractivity contribution in [2.75, 3.05) is 6.79 Å². The molecule has 1 aromatic carbocycles. The lowest BCUT2D eigenvalue weighted by atomic mass is 10.2. The first-order valence-corrected chi connectivity index (χ1v) is 4.59. The Morgan fingerprint density at radius 3 is 3.00 bits per heavy atom. The number of benzene rings is 1. The Kier molecular flexibility index (Phi) is 1.54.